The average molecular weight is 506 g/mol. The van der Waals surface area contributed by atoms with Crippen molar-refractivity contribution in [1.82, 2.24) is 15.2 Å². The first kappa shape index (κ1) is 27.5. The summed E-state index contributed by atoms with van der Waals surface area (Å²) in [4.78, 5) is 30.1. The highest BCUT2D eigenvalue weighted by Crippen LogP contribution is 2.35. The molecule has 0 atom stereocenters. The van der Waals surface area contributed by atoms with E-state index in [1.807, 2.05) is 47.6 Å². The number of benzene rings is 1. The number of rotatable bonds is 4. The molecule has 0 saturated heterocycles. The number of amides is 2. The Morgan fingerprint density at radius 3 is 2.32 bits per heavy atom. The maximum Gasteiger partial charge on any atom is 0.425 e. The quantitative estimate of drug-likeness (QED) is 0.347. The Balaban J connectivity index is 2.19. The number of nitrogen functional groups attached to an aromatic ring is 1. The fraction of sp³-hybridized carbons (Fsp3) is 0.429. The minimum atomic E-state index is -1.51. The van der Waals surface area contributed by atoms with Crippen LogP contribution < -0.4 is 10.6 Å². The zero-order chi connectivity index (χ0) is 27.8. The van der Waals surface area contributed by atoms with Gasteiger partial charge in [0, 0.05) is 17.0 Å². The molecular formula is C28H35N5O4. The molecule has 2 amide bonds. The number of H-pyrrole nitrogens is 1. The minimum absolute atomic E-state index is 0.0956. The third-order valence-corrected chi connectivity index (χ3v) is 5.24. The van der Waals surface area contributed by atoms with Gasteiger partial charge in [-0.3, -0.25) is 5.10 Å². The van der Waals surface area contributed by atoms with Gasteiger partial charge in [-0.1, -0.05) is 32.6 Å². The van der Waals surface area contributed by atoms with Gasteiger partial charge in [0.15, 0.2) is 5.82 Å². The predicted molar refractivity (Wildman–Crippen MR) is 145 cm³/mol. The van der Waals surface area contributed by atoms with Gasteiger partial charge in [0.05, 0.1) is 11.1 Å². The Morgan fingerprint density at radius 2 is 1.76 bits per heavy atom. The molecule has 37 heavy (non-hydrogen) atoms. The van der Waals surface area contributed by atoms with Crippen molar-refractivity contribution in [3.63, 3.8) is 0 Å². The molecule has 2 heterocycles. The molecule has 0 spiro atoms. The molecular weight excluding hydrogens is 470 g/mol. The lowest BCUT2D eigenvalue weighted by Gasteiger charge is -2.33. The van der Waals surface area contributed by atoms with Gasteiger partial charge in [-0.2, -0.15) is 10.00 Å². The zero-order valence-electron chi connectivity index (χ0n) is 22.7. The number of carboxylic acid groups (broad SMARTS) is 1. The molecule has 0 aliphatic rings. The number of carbonyl (C=O) groups excluding carboxylic acids is 1. The number of aromatic nitrogens is 3. The van der Waals surface area contributed by atoms with Crippen LogP contribution in [0.1, 0.15) is 67.4 Å². The molecule has 1 aromatic carbocycles. The largest absolute Gasteiger partial charge is 0.464 e. The second-order valence-electron chi connectivity index (χ2n) is 11.9. The summed E-state index contributed by atoms with van der Waals surface area (Å²) in [6, 6.07) is 7.11. The van der Waals surface area contributed by atoms with Crippen LogP contribution >= 0.6 is 0 Å². The molecule has 0 aliphatic heterocycles. The third kappa shape index (κ3) is 7.00. The molecule has 3 rings (SSSR count). The lowest BCUT2D eigenvalue weighted by Crippen LogP contribution is -2.42. The molecule has 0 radical (unpaired) electrons. The van der Waals surface area contributed by atoms with Crippen LogP contribution in [-0.4, -0.2) is 38.1 Å². The summed E-state index contributed by atoms with van der Waals surface area (Å²) < 4.78 is 5.66. The van der Waals surface area contributed by atoms with E-state index in [0.717, 1.165) is 5.56 Å². The van der Waals surface area contributed by atoms with Crippen molar-refractivity contribution < 1.29 is 19.4 Å². The monoisotopic (exact) mass is 505 g/mol. The first-order valence-electron chi connectivity index (χ1n) is 12.0. The SMILES string of the molecule is CC(C)(C)C#Cc1cc(-c2ccnc(N)c2)cc2c(N(C(=O)O)C(=O)OC(C)(C)CC(C)(C)C)n[nH]c12. The first-order valence-corrected chi connectivity index (χ1v) is 12.0. The van der Waals surface area contributed by atoms with Crippen molar-refractivity contribution in [3.05, 3.63) is 36.0 Å². The summed E-state index contributed by atoms with van der Waals surface area (Å²) in [5.41, 5.74) is 7.16. The summed E-state index contributed by atoms with van der Waals surface area (Å²) in [6.45, 7) is 15.5. The number of imide groups is 1. The Labute approximate surface area is 217 Å². The molecule has 0 fully saturated rings. The van der Waals surface area contributed by atoms with Gasteiger partial charge in [0.2, 0.25) is 0 Å². The van der Waals surface area contributed by atoms with Gasteiger partial charge in [0.1, 0.15) is 11.4 Å². The van der Waals surface area contributed by atoms with E-state index in [-0.39, 0.29) is 16.6 Å². The maximum absolute atomic E-state index is 13.2. The van der Waals surface area contributed by atoms with Crippen molar-refractivity contribution in [2.45, 2.75) is 67.4 Å². The number of carbonyl (C=O) groups is 2. The summed E-state index contributed by atoms with van der Waals surface area (Å²) >= 11 is 0. The van der Waals surface area contributed by atoms with Crippen LogP contribution in [0.25, 0.3) is 22.0 Å². The van der Waals surface area contributed by atoms with Gasteiger partial charge in [0.25, 0.3) is 0 Å². The summed E-state index contributed by atoms with van der Waals surface area (Å²) in [7, 11) is 0. The van der Waals surface area contributed by atoms with Gasteiger partial charge >= 0.3 is 12.2 Å². The Kier molecular flexibility index (Phi) is 7.27. The molecule has 196 valence electrons. The lowest BCUT2D eigenvalue weighted by molar-refractivity contribution is 0.0145. The normalized spacial score (nSPS) is 12.1. The number of hydrogen-bond acceptors (Lipinski definition) is 6. The highest BCUT2D eigenvalue weighted by Gasteiger charge is 2.35. The van der Waals surface area contributed by atoms with Crippen LogP contribution in [0.4, 0.5) is 21.2 Å². The minimum Gasteiger partial charge on any atom is -0.464 e. The highest BCUT2D eigenvalue weighted by atomic mass is 16.6. The molecule has 0 aliphatic carbocycles. The van der Waals surface area contributed by atoms with Crippen molar-refractivity contribution in [2.75, 3.05) is 10.6 Å². The molecule has 4 N–H and O–H groups in total. The number of anilines is 2. The molecule has 0 unspecified atom stereocenters. The smallest absolute Gasteiger partial charge is 0.425 e. The van der Waals surface area contributed by atoms with Crippen LogP contribution in [0.5, 0.6) is 0 Å². The van der Waals surface area contributed by atoms with Gasteiger partial charge < -0.3 is 15.6 Å². The summed E-state index contributed by atoms with van der Waals surface area (Å²) in [5, 5.41) is 17.5. The lowest BCUT2D eigenvalue weighted by atomic mass is 9.84. The summed E-state index contributed by atoms with van der Waals surface area (Å²) in [6.07, 6.45) is -0.424. The second-order valence-corrected chi connectivity index (χ2v) is 11.9. The van der Waals surface area contributed by atoms with Crippen LogP contribution in [-0.2, 0) is 4.74 Å². The molecule has 9 nitrogen and oxygen atoms in total. The van der Waals surface area contributed by atoms with Crippen molar-refractivity contribution in [3.8, 4) is 23.0 Å². The van der Waals surface area contributed by atoms with Crippen molar-refractivity contribution >= 4 is 34.7 Å². The fourth-order valence-electron chi connectivity index (χ4n) is 4.28. The number of nitrogens with two attached hydrogens (primary N) is 1. The van der Waals surface area contributed by atoms with Gasteiger partial charge in [-0.15, -0.1) is 0 Å². The van der Waals surface area contributed by atoms with Crippen molar-refractivity contribution in [1.29, 1.82) is 0 Å². The highest BCUT2D eigenvalue weighted by molar-refractivity contribution is 6.14. The van der Waals surface area contributed by atoms with Gasteiger partial charge in [-0.05, 0) is 81.8 Å². The predicted octanol–water partition coefficient (Wildman–Crippen LogP) is 6.44. The number of aromatic amines is 1. The van der Waals surface area contributed by atoms with E-state index in [2.05, 4.69) is 27.0 Å². The first-order chi connectivity index (χ1) is 17.0. The van der Waals surface area contributed by atoms with E-state index < -0.39 is 17.8 Å². The zero-order valence-corrected chi connectivity index (χ0v) is 22.7. The van der Waals surface area contributed by atoms with Gasteiger partial charge in [-0.25, -0.2) is 14.6 Å². The van der Waals surface area contributed by atoms with E-state index in [1.165, 1.54) is 0 Å². The number of ether oxygens (including phenoxy) is 1. The van der Waals surface area contributed by atoms with Crippen LogP contribution in [0.15, 0.2) is 30.5 Å². The number of nitrogens with zero attached hydrogens (tertiary/aromatic N) is 3. The summed E-state index contributed by atoms with van der Waals surface area (Å²) in [5.74, 6) is 6.62. The third-order valence-electron chi connectivity index (χ3n) is 5.24. The van der Waals surface area contributed by atoms with Crippen LogP contribution in [0.2, 0.25) is 0 Å². The molecule has 9 heteroatoms. The average Bonchev–Trinajstić information content (AvgIpc) is 3.12. The number of hydrogen-bond donors (Lipinski definition) is 3. The topological polar surface area (TPSA) is 134 Å². The Bertz CT molecular complexity index is 1400. The molecule has 0 bridgehead atoms. The Hall–Kier alpha value is -4.06. The van der Waals surface area contributed by atoms with Crippen LogP contribution in [0.3, 0.4) is 0 Å². The van der Waals surface area contributed by atoms with E-state index in [9.17, 15) is 14.7 Å². The van der Waals surface area contributed by atoms with E-state index in [4.69, 9.17) is 10.5 Å². The van der Waals surface area contributed by atoms with Crippen molar-refractivity contribution in [2.24, 2.45) is 10.8 Å². The Morgan fingerprint density at radius 1 is 1.08 bits per heavy atom. The van der Waals surface area contributed by atoms with E-state index >= 15 is 0 Å². The number of pyridine rings is 1. The molecule has 0 saturated carbocycles. The molecule has 3 aromatic rings. The fourth-order valence-corrected chi connectivity index (χ4v) is 4.28. The second kappa shape index (κ2) is 9.77. The van der Waals surface area contributed by atoms with E-state index in [0.29, 0.717) is 39.2 Å². The number of fused-ring (bicyclic) bond motifs is 1. The van der Waals surface area contributed by atoms with E-state index in [1.54, 1.807) is 38.2 Å². The number of nitrogens with one attached hydrogen (secondary N) is 1. The maximum atomic E-state index is 13.2. The van der Waals surface area contributed by atoms with Crippen LogP contribution in [0, 0.1) is 22.7 Å². The standard InChI is InChI=1S/C28H35N5O4/c1-26(2,3)11-9-18-13-19(17-10-12-30-21(29)15-17)14-20-22(18)31-32-23(20)33(24(34)35)25(36)37-28(7,8)16-27(4,5)6/h10,12-15H,16H2,1-8H3,(H2,29,30)(H,31,32)(H,34,35). The molecule has 2 aromatic heterocycles.